The lowest BCUT2D eigenvalue weighted by Crippen LogP contribution is -2.25. The number of para-hydroxylation sites is 2. The highest BCUT2D eigenvalue weighted by molar-refractivity contribution is 6.08. The van der Waals surface area contributed by atoms with Crippen LogP contribution in [0.2, 0.25) is 0 Å². The summed E-state index contributed by atoms with van der Waals surface area (Å²) in [6.45, 7) is 4.95. The number of anilines is 2. The van der Waals surface area contributed by atoms with Crippen molar-refractivity contribution in [1.29, 1.82) is 0 Å². The van der Waals surface area contributed by atoms with Crippen molar-refractivity contribution in [3.63, 3.8) is 0 Å². The van der Waals surface area contributed by atoms with E-state index in [2.05, 4.69) is 19.2 Å². The number of rotatable bonds is 4. The molecule has 1 saturated heterocycles. The van der Waals surface area contributed by atoms with E-state index in [1.165, 1.54) is 5.56 Å². The summed E-state index contributed by atoms with van der Waals surface area (Å²) in [5.74, 6) is 0.381. The Morgan fingerprint density at radius 3 is 2.42 bits per heavy atom. The van der Waals surface area contributed by atoms with E-state index >= 15 is 0 Å². The molecule has 1 aliphatic rings. The molecule has 124 valence electrons. The highest BCUT2D eigenvalue weighted by atomic mass is 16.2. The lowest BCUT2D eigenvalue weighted by Gasteiger charge is -2.20. The van der Waals surface area contributed by atoms with Gasteiger partial charge in [0.1, 0.15) is 0 Å². The Bertz CT molecular complexity index is 750. The molecule has 0 saturated carbocycles. The molecular weight excluding hydrogens is 300 g/mol. The Balaban J connectivity index is 1.81. The minimum Gasteiger partial charge on any atom is -0.320 e. The van der Waals surface area contributed by atoms with Gasteiger partial charge in [-0.25, -0.2) is 0 Å². The number of benzene rings is 2. The first-order chi connectivity index (χ1) is 11.6. The van der Waals surface area contributed by atoms with Crippen molar-refractivity contribution in [3.05, 3.63) is 59.7 Å². The molecule has 1 heterocycles. The molecule has 24 heavy (non-hydrogen) atoms. The molecule has 2 aromatic carbocycles. The van der Waals surface area contributed by atoms with Gasteiger partial charge >= 0.3 is 0 Å². The number of amides is 2. The highest BCUT2D eigenvalue weighted by Gasteiger charge is 2.24. The molecule has 1 aliphatic heterocycles. The molecule has 4 heteroatoms. The van der Waals surface area contributed by atoms with Crippen molar-refractivity contribution in [2.45, 2.75) is 32.6 Å². The van der Waals surface area contributed by atoms with Gasteiger partial charge in [0.2, 0.25) is 5.91 Å². The average molecular weight is 322 g/mol. The van der Waals surface area contributed by atoms with Gasteiger partial charge in [-0.3, -0.25) is 9.59 Å². The first kappa shape index (κ1) is 16.2. The second kappa shape index (κ2) is 6.87. The molecule has 1 fully saturated rings. The molecule has 0 spiro atoms. The molecule has 2 amide bonds. The van der Waals surface area contributed by atoms with Crippen LogP contribution < -0.4 is 10.2 Å². The number of carbonyl (C=O) groups excluding carboxylic acids is 2. The Labute approximate surface area is 142 Å². The normalized spacial score (nSPS) is 14.3. The zero-order valence-electron chi connectivity index (χ0n) is 14.1. The van der Waals surface area contributed by atoms with Gasteiger partial charge in [-0.1, -0.05) is 38.1 Å². The lowest BCUT2D eigenvalue weighted by molar-refractivity contribution is -0.117. The smallest absolute Gasteiger partial charge is 0.255 e. The Morgan fingerprint density at radius 2 is 1.79 bits per heavy atom. The molecule has 0 radical (unpaired) electrons. The number of hydrogen-bond donors (Lipinski definition) is 1. The minimum absolute atomic E-state index is 0.109. The summed E-state index contributed by atoms with van der Waals surface area (Å²) in [7, 11) is 0. The third kappa shape index (κ3) is 3.32. The van der Waals surface area contributed by atoms with Crippen LogP contribution in [0.3, 0.4) is 0 Å². The molecule has 0 aliphatic carbocycles. The van der Waals surface area contributed by atoms with E-state index in [1.54, 1.807) is 4.90 Å². The van der Waals surface area contributed by atoms with Crippen molar-refractivity contribution in [3.8, 4) is 0 Å². The maximum absolute atomic E-state index is 12.5. The van der Waals surface area contributed by atoms with Gasteiger partial charge in [0.05, 0.1) is 11.4 Å². The third-order valence-electron chi connectivity index (χ3n) is 4.36. The van der Waals surface area contributed by atoms with E-state index in [-0.39, 0.29) is 11.8 Å². The summed E-state index contributed by atoms with van der Waals surface area (Å²) in [5.41, 5.74) is 3.26. The quantitative estimate of drug-likeness (QED) is 0.917. The second-order valence-electron chi connectivity index (χ2n) is 6.40. The third-order valence-corrected chi connectivity index (χ3v) is 4.36. The van der Waals surface area contributed by atoms with Crippen molar-refractivity contribution in [2.24, 2.45) is 0 Å². The van der Waals surface area contributed by atoms with Crippen molar-refractivity contribution < 1.29 is 9.59 Å². The lowest BCUT2D eigenvalue weighted by atomic mass is 10.0. The van der Waals surface area contributed by atoms with E-state index < -0.39 is 0 Å². The summed E-state index contributed by atoms with van der Waals surface area (Å²) in [6.07, 6.45) is 1.43. The van der Waals surface area contributed by atoms with Crippen molar-refractivity contribution in [2.75, 3.05) is 16.8 Å². The van der Waals surface area contributed by atoms with Crippen molar-refractivity contribution >= 4 is 23.2 Å². The zero-order chi connectivity index (χ0) is 17.1. The topological polar surface area (TPSA) is 49.4 Å². The van der Waals surface area contributed by atoms with Gasteiger partial charge in [0, 0.05) is 18.5 Å². The van der Waals surface area contributed by atoms with Crippen LogP contribution in [0, 0.1) is 0 Å². The van der Waals surface area contributed by atoms with Crippen LogP contribution in [0.1, 0.15) is 48.5 Å². The molecule has 0 unspecified atom stereocenters. The standard InChI is InChI=1S/C20H22N2O2/c1-14(2)15-9-11-16(12-10-15)20(24)21-17-6-3-4-7-18(17)22-13-5-8-19(22)23/h3-4,6-7,9-12,14H,5,8,13H2,1-2H3,(H,21,24). The Hall–Kier alpha value is -2.62. The SMILES string of the molecule is CC(C)c1ccc(C(=O)Nc2ccccc2N2CCCC2=O)cc1. The predicted octanol–water partition coefficient (Wildman–Crippen LogP) is 4.19. The molecule has 1 N–H and O–H groups in total. The molecule has 3 rings (SSSR count). The van der Waals surface area contributed by atoms with Gasteiger partial charge in [-0.05, 0) is 42.2 Å². The van der Waals surface area contributed by atoms with Crippen LogP contribution in [0.5, 0.6) is 0 Å². The zero-order valence-corrected chi connectivity index (χ0v) is 14.1. The average Bonchev–Trinajstić information content (AvgIpc) is 3.01. The molecule has 4 nitrogen and oxygen atoms in total. The fourth-order valence-electron chi connectivity index (χ4n) is 2.93. The highest BCUT2D eigenvalue weighted by Crippen LogP contribution is 2.29. The first-order valence-electron chi connectivity index (χ1n) is 8.37. The molecule has 2 aromatic rings. The summed E-state index contributed by atoms with van der Waals surface area (Å²) in [4.78, 5) is 26.3. The maximum atomic E-state index is 12.5. The minimum atomic E-state index is -0.163. The van der Waals surface area contributed by atoms with Crippen LogP contribution in [-0.4, -0.2) is 18.4 Å². The number of hydrogen-bond acceptors (Lipinski definition) is 2. The summed E-state index contributed by atoms with van der Waals surface area (Å²) >= 11 is 0. The molecule has 0 atom stereocenters. The molecule has 0 bridgehead atoms. The fourth-order valence-corrected chi connectivity index (χ4v) is 2.93. The van der Waals surface area contributed by atoms with E-state index in [0.717, 1.165) is 12.1 Å². The largest absolute Gasteiger partial charge is 0.320 e. The van der Waals surface area contributed by atoms with Gasteiger partial charge in [-0.2, -0.15) is 0 Å². The maximum Gasteiger partial charge on any atom is 0.255 e. The Morgan fingerprint density at radius 1 is 1.08 bits per heavy atom. The van der Waals surface area contributed by atoms with Crippen LogP contribution in [0.15, 0.2) is 48.5 Å². The van der Waals surface area contributed by atoms with Gasteiger partial charge < -0.3 is 10.2 Å². The predicted molar refractivity (Wildman–Crippen MR) is 96.5 cm³/mol. The number of nitrogens with one attached hydrogen (secondary N) is 1. The molecular formula is C20H22N2O2. The van der Waals surface area contributed by atoms with Gasteiger partial charge in [-0.15, -0.1) is 0 Å². The van der Waals surface area contributed by atoms with Crippen LogP contribution in [0.4, 0.5) is 11.4 Å². The second-order valence-corrected chi connectivity index (χ2v) is 6.40. The summed E-state index contributed by atoms with van der Waals surface area (Å²) < 4.78 is 0. The van der Waals surface area contributed by atoms with Crippen LogP contribution in [0.25, 0.3) is 0 Å². The fraction of sp³-hybridized carbons (Fsp3) is 0.300. The summed E-state index contributed by atoms with van der Waals surface area (Å²) in [6, 6.07) is 15.1. The van der Waals surface area contributed by atoms with E-state index in [4.69, 9.17) is 0 Å². The van der Waals surface area contributed by atoms with Gasteiger partial charge in [0.25, 0.3) is 5.91 Å². The number of nitrogens with zero attached hydrogens (tertiary/aromatic N) is 1. The van der Waals surface area contributed by atoms with Crippen LogP contribution in [-0.2, 0) is 4.79 Å². The van der Waals surface area contributed by atoms with Gasteiger partial charge in [0.15, 0.2) is 0 Å². The monoisotopic (exact) mass is 322 g/mol. The summed E-state index contributed by atoms with van der Waals surface area (Å²) in [5, 5.41) is 2.94. The van der Waals surface area contributed by atoms with E-state index in [9.17, 15) is 9.59 Å². The van der Waals surface area contributed by atoms with Crippen molar-refractivity contribution in [1.82, 2.24) is 0 Å². The Kier molecular flexibility index (Phi) is 4.65. The van der Waals surface area contributed by atoms with E-state index in [0.29, 0.717) is 30.1 Å². The number of carbonyl (C=O) groups is 2. The van der Waals surface area contributed by atoms with Crippen LogP contribution >= 0.6 is 0 Å². The molecule has 0 aromatic heterocycles. The van der Waals surface area contributed by atoms with E-state index in [1.807, 2.05) is 48.5 Å². The first-order valence-corrected chi connectivity index (χ1v) is 8.37.